The van der Waals surface area contributed by atoms with Crippen molar-refractivity contribution >= 4 is 27.4 Å². The number of ether oxygens (including phenoxy) is 1. The average molecular weight is 383 g/mol. The molecule has 0 amide bonds. The lowest BCUT2D eigenvalue weighted by atomic mass is 10.1. The Labute approximate surface area is 152 Å². The third-order valence-electron chi connectivity index (χ3n) is 4.14. The number of aromatic nitrogens is 1. The van der Waals surface area contributed by atoms with Crippen molar-refractivity contribution in [3.8, 4) is 0 Å². The molecule has 6 nitrogen and oxygen atoms in total. The maximum Gasteiger partial charge on any atom is 0.272 e. The Bertz CT molecular complexity index is 821. The number of hydrogen-bond acceptors (Lipinski definition) is 4. The van der Waals surface area contributed by atoms with Crippen LogP contribution >= 0.6 is 11.6 Å². The molecular formula is C17H21ClN3O3S+. The zero-order chi connectivity index (χ0) is 17.9. The van der Waals surface area contributed by atoms with E-state index in [4.69, 9.17) is 16.3 Å². The third-order valence-corrected chi connectivity index (χ3v) is 6.37. The zero-order valence-corrected chi connectivity index (χ0v) is 15.5. The highest BCUT2D eigenvalue weighted by Crippen LogP contribution is 2.24. The normalized spacial score (nSPS) is 17.2. The predicted octanol–water partition coefficient (Wildman–Crippen LogP) is 2.35. The van der Waals surface area contributed by atoms with Crippen LogP contribution in [0.1, 0.15) is 18.5 Å². The fourth-order valence-corrected chi connectivity index (χ4v) is 4.41. The van der Waals surface area contributed by atoms with Crippen LogP contribution in [-0.4, -0.2) is 39.0 Å². The molecule has 0 radical (unpaired) electrons. The highest BCUT2D eigenvalue weighted by atomic mass is 35.5. The Balaban J connectivity index is 1.73. The second kappa shape index (κ2) is 7.70. The van der Waals surface area contributed by atoms with Gasteiger partial charge in [-0.2, -0.15) is 4.31 Å². The summed E-state index contributed by atoms with van der Waals surface area (Å²) in [6, 6.07) is 10.9. The first-order valence-electron chi connectivity index (χ1n) is 8.09. The molecule has 1 aromatic heterocycles. The minimum Gasteiger partial charge on any atom is -0.379 e. The summed E-state index contributed by atoms with van der Waals surface area (Å²) in [6.07, 6.45) is 1.51. The fraction of sp³-hybridized carbons (Fsp3) is 0.353. The second-order valence-electron chi connectivity index (χ2n) is 5.84. The molecule has 8 heteroatoms. The molecule has 1 aliphatic rings. The van der Waals surface area contributed by atoms with Crippen LogP contribution in [0, 0.1) is 0 Å². The number of benzene rings is 1. The highest BCUT2D eigenvalue weighted by Gasteiger charge is 2.27. The van der Waals surface area contributed by atoms with Gasteiger partial charge in [-0.3, -0.25) is 5.32 Å². The zero-order valence-electron chi connectivity index (χ0n) is 13.9. The molecule has 0 aliphatic carbocycles. The van der Waals surface area contributed by atoms with Crippen molar-refractivity contribution in [2.45, 2.75) is 17.9 Å². The number of aromatic amines is 1. The van der Waals surface area contributed by atoms with Gasteiger partial charge in [0.1, 0.15) is 17.1 Å². The van der Waals surface area contributed by atoms with E-state index in [2.05, 4.69) is 10.3 Å². The monoisotopic (exact) mass is 382 g/mol. The van der Waals surface area contributed by atoms with E-state index < -0.39 is 10.0 Å². The van der Waals surface area contributed by atoms with Crippen molar-refractivity contribution in [2.75, 3.05) is 31.6 Å². The number of nitrogens with zero attached hydrogens (tertiary/aromatic N) is 1. The van der Waals surface area contributed by atoms with E-state index in [0.717, 1.165) is 5.56 Å². The SMILES string of the molecule is C[C@H](Nc1ccc(S(=O)(=O)N2CCOCC2)c[nH+]1)c1ccccc1Cl. The van der Waals surface area contributed by atoms with Crippen molar-refractivity contribution in [2.24, 2.45) is 0 Å². The van der Waals surface area contributed by atoms with Crippen LogP contribution in [0.2, 0.25) is 5.02 Å². The second-order valence-corrected chi connectivity index (χ2v) is 8.19. The number of nitrogens with one attached hydrogen (secondary N) is 2. The number of rotatable bonds is 5. The summed E-state index contributed by atoms with van der Waals surface area (Å²) in [4.78, 5) is 3.25. The summed E-state index contributed by atoms with van der Waals surface area (Å²) >= 11 is 6.21. The van der Waals surface area contributed by atoms with Gasteiger partial charge < -0.3 is 4.74 Å². The molecule has 1 aliphatic heterocycles. The van der Waals surface area contributed by atoms with Gasteiger partial charge in [0, 0.05) is 29.7 Å². The van der Waals surface area contributed by atoms with E-state index in [1.165, 1.54) is 10.5 Å². The minimum atomic E-state index is -3.49. The number of sulfonamides is 1. The standard InChI is InChI=1S/C17H20ClN3O3S/c1-13(15-4-2-3-5-16(15)18)20-17-7-6-14(12-19-17)25(22,23)21-8-10-24-11-9-21/h2-7,12-13H,8-11H2,1H3,(H,19,20)/p+1/t13-/m0/s1. The van der Waals surface area contributed by atoms with Crippen LogP contribution in [0.15, 0.2) is 47.5 Å². The van der Waals surface area contributed by atoms with Gasteiger partial charge in [0.15, 0.2) is 0 Å². The molecule has 0 saturated carbocycles. The maximum atomic E-state index is 12.6. The smallest absolute Gasteiger partial charge is 0.272 e. The van der Waals surface area contributed by atoms with Crippen LogP contribution in [0.25, 0.3) is 0 Å². The Morgan fingerprint density at radius 1 is 1.20 bits per heavy atom. The molecule has 2 aromatic rings. The molecule has 2 heterocycles. The van der Waals surface area contributed by atoms with Gasteiger partial charge in [-0.25, -0.2) is 13.4 Å². The summed E-state index contributed by atoms with van der Waals surface area (Å²) in [5, 5.41) is 3.98. The molecule has 134 valence electrons. The molecule has 1 atom stereocenters. The first-order chi connectivity index (χ1) is 12.0. The van der Waals surface area contributed by atoms with Gasteiger partial charge in [0.05, 0.1) is 13.2 Å². The Hall–Kier alpha value is -1.67. The van der Waals surface area contributed by atoms with E-state index in [1.807, 2.05) is 31.2 Å². The van der Waals surface area contributed by atoms with Gasteiger partial charge in [-0.1, -0.05) is 29.8 Å². The maximum absolute atomic E-state index is 12.6. The largest absolute Gasteiger partial charge is 0.379 e. The first kappa shape index (κ1) is 18.1. The van der Waals surface area contributed by atoms with Crippen LogP contribution < -0.4 is 10.3 Å². The van der Waals surface area contributed by atoms with E-state index in [9.17, 15) is 8.42 Å². The predicted molar refractivity (Wildman–Crippen MR) is 96.1 cm³/mol. The lowest BCUT2D eigenvalue weighted by Gasteiger charge is -2.25. The van der Waals surface area contributed by atoms with Gasteiger partial charge in [0.25, 0.3) is 5.82 Å². The van der Waals surface area contributed by atoms with Crippen molar-refractivity contribution in [1.29, 1.82) is 0 Å². The van der Waals surface area contributed by atoms with E-state index in [0.29, 0.717) is 37.1 Å². The van der Waals surface area contributed by atoms with E-state index in [-0.39, 0.29) is 10.9 Å². The van der Waals surface area contributed by atoms with Gasteiger partial charge in [0.2, 0.25) is 10.0 Å². The van der Waals surface area contributed by atoms with Crippen molar-refractivity contribution in [3.05, 3.63) is 53.2 Å². The topological polar surface area (TPSA) is 72.8 Å². The van der Waals surface area contributed by atoms with Gasteiger partial charge >= 0.3 is 0 Å². The highest BCUT2D eigenvalue weighted by molar-refractivity contribution is 7.89. The van der Waals surface area contributed by atoms with Crippen LogP contribution in [0.4, 0.5) is 5.82 Å². The summed E-state index contributed by atoms with van der Waals surface area (Å²) < 4.78 is 31.9. The van der Waals surface area contributed by atoms with Crippen molar-refractivity contribution in [3.63, 3.8) is 0 Å². The summed E-state index contributed by atoms with van der Waals surface area (Å²) in [6.45, 7) is 3.61. The van der Waals surface area contributed by atoms with E-state index >= 15 is 0 Å². The fourth-order valence-electron chi connectivity index (χ4n) is 2.73. The molecular weight excluding hydrogens is 362 g/mol. The van der Waals surface area contributed by atoms with E-state index in [1.54, 1.807) is 12.1 Å². The number of morpholine rings is 1. The minimum absolute atomic E-state index is 0.0216. The molecule has 1 fully saturated rings. The number of pyridine rings is 1. The Kier molecular flexibility index (Phi) is 5.58. The lowest BCUT2D eigenvalue weighted by Crippen LogP contribution is -2.40. The molecule has 0 bridgehead atoms. The number of anilines is 1. The third kappa shape index (κ3) is 4.12. The molecule has 2 N–H and O–H groups in total. The molecule has 3 rings (SSSR count). The average Bonchev–Trinajstić information content (AvgIpc) is 2.63. The van der Waals surface area contributed by atoms with Crippen LogP contribution in [0.3, 0.4) is 0 Å². The summed E-state index contributed by atoms with van der Waals surface area (Å²) in [5.74, 6) is 0.716. The lowest BCUT2D eigenvalue weighted by molar-refractivity contribution is -0.364. The molecule has 0 unspecified atom stereocenters. The molecule has 1 saturated heterocycles. The molecule has 1 aromatic carbocycles. The summed E-state index contributed by atoms with van der Waals surface area (Å²) in [7, 11) is -3.49. The molecule has 25 heavy (non-hydrogen) atoms. The first-order valence-corrected chi connectivity index (χ1v) is 9.91. The summed E-state index contributed by atoms with van der Waals surface area (Å²) in [5.41, 5.74) is 0.975. The molecule has 0 spiro atoms. The number of halogens is 1. The Morgan fingerprint density at radius 2 is 1.92 bits per heavy atom. The van der Waals surface area contributed by atoms with Gasteiger partial charge in [-0.15, -0.1) is 0 Å². The van der Waals surface area contributed by atoms with Crippen LogP contribution in [-0.2, 0) is 14.8 Å². The Morgan fingerprint density at radius 3 is 2.56 bits per heavy atom. The number of hydrogen-bond donors (Lipinski definition) is 1. The van der Waals surface area contributed by atoms with Gasteiger partial charge in [-0.05, 0) is 19.1 Å². The number of H-pyrrole nitrogens is 1. The van der Waals surface area contributed by atoms with Crippen molar-refractivity contribution < 1.29 is 18.1 Å². The van der Waals surface area contributed by atoms with Crippen molar-refractivity contribution in [1.82, 2.24) is 4.31 Å². The van der Waals surface area contributed by atoms with Crippen LogP contribution in [0.5, 0.6) is 0 Å². The quantitative estimate of drug-likeness (QED) is 0.861.